The van der Waals surface area contributed by atoms with Crippen molar-refractivity contribution in [3.63, 3.8) is 0 Å². The smallest absolute Gasteiger partial charge is 0.0623 e. The van der Waals surface area contributed by atoms with Crippen LogP contribution in [0, 0.1) is 52.3 Å². The van der Waals surface area contributed by atoms with Gasteiger partial charge in [-0.1, -0.05) is 57.9 Å². The Bertz CT molecular complexity index is 809. The lowest BCUT2D eigenvalue weighted by Crippen LogP contribution is -2.57. The van der Waals surface area contributed by atoms with Crippen molar-refractivity contribution in [1.29, 1.82) is 0 Å². The molecule has 0 aromatic carbocycles. The van der Waals surface area contributed by atoms with Crippen molar-refractivity contribution in [1.82, 2.24) is 0 Å². The molecule has 33 heavy (non-hydrogen) atoms. The summed E-state index contributed by atoms with van der Waals surface area (Å²) in [5, 5.41) is 22.4. The van der Waals surface area contributed by atoms with Crippen molar-refractivity contribution < 1.29 is 15.0 Å². The van der Waals surface area contributed by atoms with Crippen LogP contribution >= 0.6 is 0 Å². The fourth-order valence-corrected chi connectivity index (χ4v) is 9.26. The molecule has 0 radical (unpaired) electrons. The van der Waals surface area contributed by atoms with Gasteiger partial charge >= 0.3 is 0 Å². The molecular weight excluding hydrogens is 408 g/mol. The van der Waals surface area contributed by atoms with Crippen LogP contribution in [0.4, 0.5) is 0 Å². The summed E-state index contributed by atoms with van der Waals surface area (Å²) in [5.74, 6) is 1.55. The molecule has 0 aromatic rings. The number of rotatable bonds is 6. The van der Waals surface area contributed by atoms with Crippen LogP contribution in [0.25, 0.3) is 0 Å². The highest BCUT2D eigenvalue weighted by atomic mass is 16.4. The van der Waals surface area contributed by atoms with Crippen LogP contribution in [0.15, 0.2) is 23.3 Å². The van der Waals surface area contributed by atoms with Gasteiger partial charge in [-0.25, -0.2) is 0 Å². The molecule has 0 heterocycles. The molecule has 0 amide bonds. The first-order valence-corrected chi connectivity index (χ1v) is 13.8. The first-order chi connectivity index (χ1) is 15.5. The topological polar surface area (TPSA) is 60.4 Å². The van der Waals surface area contributed by atoms with Crippen molar-refractivity contribution in [3.05, 3.63) is 23.3 Å². The molecule has 186 valence electrons. The summed E-state index contributed by atoms with van der Waals surface area (Å²) in [4.78, 5) is 12.0. The van der Waals surface area contributed by atoms with Crippen molar-refractivity contribution in [2.75, 3.05) is 0 Å². The Morgan fingerprint density at radius 1 is 1.12 bits per heavy atom. The highest BCUT2D eigenvalue weighted by Gasteiger charge is 2.59. The molecule has 0 spiro atoms. The summed E-state index contributed by atoms with van der Waals surface area (Å²) in [6, 6.07) is 0. The molecule has 0 saturated heterocycles. The number of hydrogen-bond acceptors (Lipinski definition) is 3. The fourth-order valence-electron chi connectivity index (χ4n) is 9.26. The molecule has 3 nitrogen and oxygen atoms in total. The van der Waals surface area contributed by atoms with E-state index in [0.29, 0.717) is 29.6 Å². The normalized spacial score (nSPS) is 44.0. The van der Waals surface area contributed by atoms with Crippen LogP contribution in [0.2, 0.25) is 0 Å². The first-order valence-electron chi connectivity index (χ1n) is 13.8. The van der Waals surface area contributed by atoms with E-state index in [9.17, 15) is 15.0 Å². The van der Waals surface area contributed by atoms with Crippen molar-refractivity contribution in [3.8, 4) is 0 Å². The quantitative estimate of drug-likeness (QED) is 0.506. The van der Waals surface area contributed by atoms with Gasteiger partial charge in [-0.2, -0.15) is 0 Å². The standard InChI is InChI=1S/C30H48O3/c1-7-20(18(2)3)9-8-19(4)22-12-13-23-21-10-11-25-27(28(32)33)26(31)15-17-30(25,6)24(21)14-16-29(22,23)5/h7,10,18-19,22-27,31H,8-9,11-17H2,1-6H3,(H,32,33)/p-1/b20-7-/t19-,22-,23+,24+,25+,26+,27+,29-,30-/m1/s1. The molecular formula is C30H47O3-. The zero-order valence-corrected chi connectivity index (χ0v) is 21.9. The predicted molar refractivity (Wildman–Crippen MR) is 132 cm³/mol. The Hall–Kier alpha value is -1.09. The largest absolute Gasteiger partial charge is 0.550 e. The first kappa shape index (κ1) is 25.0. The van der Waals surface area contributed by atoms with Crippen LogP contribution in [0.1, 0.15) is 99.3 Å². The molecule has 1 N–H and O–H groups in total. The van der Waals surface area contributed by atoms with Gasteiger partial charge in [0, 0.05) is 11.9 Å². The molecule has 0 aliphatic heterocycles. The third-order valence-electron chi connectivity index (χ3n) is 11.2. The van der Waals surface area contributed by atoms with Gasteiger partial charge in [-0.3, -0.25) is 0 Å². The number of aliphatic hydroxyl groups is 1. The Kier molecular flexibility index (Phi) is 6.95. The molecule has 9 atom stereocenters. The maximum atomic E-state index is 12.0. The number of allylic oxidation sites excluding steroid dienone is 4. The Balaban J connectivity index is 1.54. The average molecular weight is 456 g/mol. The predicted octanol–water partition coefficient (Wildman–Crippen LogP) is 5.92. The summed E-state index contributed by atoms with van der Waals surface area (Å²) in [6.07, 6.45) is 13.9. The average Bonchev–Trinajstić information content (AvgIpc) is 3.11. The highest BCUT2D eigenvalue weighted by Crippen LogP contribution is 2.67. The van der Waals surface area contributed by atoms with Gasteiger partial charge in [0.1, 0.15) is 0 Å². The monoisotopic (exact) mass is 455 g/mol. The van der Waals surface area contributed by atoms with Crippen molar-refractivity contribution >= 4 is 5.97 Å². The van der Waals surface area contributed by atoms with Crippen LogP contribution in [0.5, 0.6) is 0 Å². The fraction of sp³-hybridized carbons (Fsp3) is 0.833. The third kappa shape index (κ3) is 4.05. The number of carboxylic acids is 1. The minimum Gasteiger partial charge on any atom is -0.550 e. The van der Waals surface area contributed by atoms with E-state index in [2.05, 4.69) is 53.7 Å². The van der Waals surface area contributed by atoms with Gasteiger partial charge in [0.15, 0.2) is 0 Å². The lowest BCUT2D eigenvalue weighted by molar-refractivity contribution is -0.320. The maximum Gasteiger partial charge on any atom is 0.0623 e. The number of hydrogen-bond donors (Lipinski definition) is 1. The van der Waals surface area contributed by atoms with E-state index in [4.69, 9.17) is 0 Å². The van der Waals surface area contributed by atoms with E-state index in [0.717, 1.165) is 24.7 Å². The molecule has 0 aromatic heterocycles. The molecule has 0 bridgehead atoms. The Morgan fingerprint density at radius 3 is 2.42 bits per heavy atom. The molecule has 3 heteroatoms. The molecule has 3 fully saturated rings. The van der Waals surface area contributed by atoms with Crippen LogP contribution < -0.4 is 5.11 Å². The van der Waals surface area contributed by atoms with Gasteiger partial charge in [0.2, 0.25) is 0 Å². The lowest BCUT2D eigenvalue weighted by Gasteiger charge is -2.59. The molecule has 4 aliphatic rings. The number of carboxylic acid groups (broad SMARTS) is 1. The summed E-state index contributed by atoms with van der Waals surface area (Å²) in [5.41, 5.74) is 3.61. The van der Waals surface area contributed by atoms with Crippen LogP contribution in [-0.2, 0) is 4.79 Å². The Labute approximate surface area is 202 Å². The van der Waals surface area contributed by atoms with E-state index in [1.807, 2.05) is 0 Å². The van der Waals surface area contributed by atoms with E-state index >= 15 is 0 Å². The second-order valence-electron chi connectivity index (χ2n) is 12.9. The Morgan fingerprint density at radius 2 is 1.79 bits per heavy atom. The zero-order chi connectivity index (χ0) is 24.1. The number of fused-ring (bicyclic) bond motifs is 5. The van der Waals surface area contributed by atoms with Gasteiger partial charge in [-0.15, -0.1) is 0 Å². The van der Waals surface area contributed by atoms with E-state index < -0.39 is 18.0 Å². The summed E-state index contributed by atoms with van der Waals surface area (Å²) >= 11 is 0. The summed E-state index contributed by atoms with van der Waals surface area (Å²) < 4.78 is 0. The van der Waals surface area contributed by atoms with E-state index in [1.165, 1.54) is 38.5 Å². The van der Waals surface area contributed by atoms with Gasteiger partial charge < -0.3 is 15.0 Å². The highest BCUT2D eigenvalue weighted by molar-refractivity contribution is 5.69. The van der Waals surface area contributed by atoms with Gasteiger partial charge in [-0.05, 0) is 111 Å². The zero-order valence-electron chi connectivity index (χ0n) is 21.9. The lowest BCUT2D eigenvalue weighted by atomic mass is 9.46. The minimum atomic E-state index is -1.05. The van der Waals surface area contributed by atoms with Crippen molar-refractivity contribution in [2.45, 2.75) is 105 Å². The number of aliphatic carboxylic acids is 1. The molecule has 4 aliphatic carbocycles. The molecule has 3 saturated carbocycles. The van der Waals surface area contributed by atoms with Crippen LogP contribution in [0.3, 0.4) is 0 Å². The summed E-state index contributed by atoms with van der Waals surface area (Å²) in [7, 11) is 0. The molecule has 0 unspecified atom stereocenters. The second-order valence-corrected chi connectivity index (χ2v) is 12.9. The minimum absolute atomic E-state index is 0.00997. The van der Waals surface area contributed by atoms with E-state index in [1.54, 1.807) is 11.1 Å². The maximum absolute atomic E-state index is 12.0. The van der Waals surface area contributed by atoms with Gasteiger partial charge in [0.05, 0.1) is 6.10 Å². The summed E-state index contributed by atoms with van der Waals surface area (Å²) in [6.45, 7) is 14.2. The van der Waals surface area contributed by atoms with Gasteiger partial charge in [0.25, 0.3) is 0 Å². The third-order valence-corrected chi connectivity index (χ3v) is 11.2. The number of aliphatic hydroxyl groups excluding tert-OH is 1. The number of carbonyl (C=O) groups excluding carboxylic acids is 1. The number of carbonyl (C=O) groups is 1. The van der Waals surface area contributed by atoms with Crippen LogP contribution in [-0.4, -0.2) is 17.2 Å². The molecule has 4 rings (SSSR count). The van der Waals surface area contributed by atoms with E-state index in [-0.39, 0.29) is 11.3 Å². The second kappa shape index (κ2) is 9.17. The SMILES string of the molecule is C/C=C(/CC[C@@H](C)[C@H]1CC[C@H]2C3=CC[C@H]4[C@H](C(=O)[O-])[C@@H](O)CC[C@]4(C)[C@H]3CC[C@]12C)C(C)C. The van der Waals surface area contributed by atoms with Crippen molar-refractivity contribution in [2.24, 2.45) is 52.3 Å².